The third-order valence-electron chi connectivity index (χ3n) is 4.35. The number of hydrogen-bond acceptors (Lipinski definition) is 4. The molecule has 0 aliphatic carbocycles. The van der Waals surface area contributed by atoms with Gasteiger partial charge in [0, 0.05) is 51.0 Å². The summed E-state index contributed by atoms with van der Waals surface area (Å²) in [6.45, 7) is 1.47. The average molecular weight is 351 g/mol. The second-order valence-electron chi connectivity index (χ2n) is 6.19. The van der Waals surface area contributed by atoms with Gasteiger partial charge >= 0.3 is 6.03 Å². The van der Waals surface area contributed by atoms with Crippen LogP contribution in [0.2, 0.25) is 0 Å². The lowest BCUT2D eigenvalue weighted by Crippen LogP contribution is -2.42. The molecule has 3 heterocycles. The maximum Gasteiger partial charge on any atom is 0.321 e. The van der Waals surface area contributed by atoms with Gasteiger partial charge in [-0.15, -0.1) is 0 Å². The lowest BCUT2D eigenvalue weighted by atomic mass is 10.2. The highest BCUT2D eigenvalue weighted by Gasteiger charge is 2.34. The molecule has 0 radical (unpaired) electrons. The van der Waals surface area contributed by atoms with Crippen LogP contribution in [0.15, 0.2) is 29.2 Å². The first kappa shape index (κ1) is 16.9. The summed E-state index contributed by atoms with van der Waals surface area (Å²) in [5, 5.41) is 6.64. The molecule has 2 aromatic heterocycles. The number of imidazole rings is 1. The Morgan fingerprint density at radius 2 is 2.42 bits per heavy atom. The monoisotopic (exact) mass is 351 g/mol. The van der Waals surface area contributed by atoms with E-state index in [0.717, 1.165) is 11.5 Å². The van der Waals surface area contributed by atoms with Gasteiger partial charge in [0.25, 0.3) is 0 Å². The molecule has 3 rings (SSSR count). The highest BCUT2D eigenvalue weighted by molar-refractivity contribution is 7.08. The van der Waals surface area contributed by atoms with Crippen LogP contribution < -0.4 is 5.32 Å². The number of urea groups is 1. The molecular formula is C16H22FN5OS. The van der Waals surface area contributed by atoms with E-state index in [1.54, 1.807) is 18.1 Å². The second kappa shape index (κ2) is 7.31. The summed E-state index contributed by atoms with van der Waals surface area (Å²) < 4.78 is 15.9. The predicted octanol–water partition coefficient (Wildman–Crippen LogP) is 2.56. The lowest BCUT2D eigenvalue weighted by molar-refractivity contribution is 0.180. The highest BCUT2D eigenvalue weighted by atomic mass is 32.1. The molecule has 1 fully saturated rings. The van der Waals surface area contributed by atoms with Crippen molar-refractivity contribution in [2.24, 2.45) is 7.05 Å². The van der Waals surface area contributed by atoms with Crippen molar-refractivity contribution in [1.29, 1.82) is 0 Å². The smallest absolute Gasteiger partial charge is 0.321 e. The fourth-order valence-electron chi connectivity index (χ4n) is 2.99. The normalized spacial score (nSPS) is 21.1. The number of aromatic nitrogens is 2. The number of alkyl halides is 1. The number of likely N-dealkylation sites (tertiary alicyclic amines) is 1. The van der Waals surface area contributed by atoms with E-state index in [-0.39, 0.29) is 12.1 Å². The van der Waals surface area contributed by atoms with Crippen molar-refractivity contribution in [3.05, 3.63) is 35.0 Å². The van der Waals surface area contributed by atoms with Crippen LogP contribution in [0.25, 0.3) is 0 Å². The fraction of sp³-hybridized carbons (Fsp3) is 0.500. The van der Waals surface area contributed by atoms with Gasteiger partial charge in [0.1, 0.15) is 12.0 Å². The molecule has 2 aromatic rings. The van der Waals surface area contributed by atoms with Gasteiger partial charge in [-0.25, -0.2) is 14.2 Å². The quantitative estimate of drug-likeness (QED) is 0.901. The van der Waals surface area contributed by atoms with Gasteiger partial charge in [0.15, 0.2) is 0 Å². The zero-order valence-electron chi connectivity index (χ0n) is 13.9. The van der Waals surface area contributed by atoms with Crippen molar-refractivity contribution in [3.8, 4) is 0 Å². The third-order valence-corrected chi connectivity index (χ3v) is 5.03. The summed E-state index contributed by atoms with van der Waals surface area (Å²) in [7, 11) is 3.67. The largest absolute Gasteiger partial charge is 0.337 e. The minimum Gasteiger partial charge on any atom is -0.337 e. The van der Waals surface area contributed by atoms with E-state index < -0.39 is 6.17 Å². The highest BCUT2D eigenvalue weighted by Crippen LogP contribution is 2.23. The summed E-state index contributed by atoms with van der Waals surface area (Å²) in [5.41, 5.74) is 0.788. The first-order chi connectivity index (χ1) is 11.5. The third kappa shape index (κ3) is 3.93. The van der Waals surface area contributed by atoms with Crippen LogP contribution >= 0.6 is 11.3 Å². The number of thiophene rings is 1. The molecule has 8 heteroatoms. The minimum atomic E-state index is -0.858. The summed E-state index contributed by atoms with van der Waals surface area (Å²) in [6, 6.07) is 1.68. The Bertz CT molecular complexity index is 674. The number of hydrogen-bond donors (Lipinski definition) is 1. The van der Waals surface area contributed by atoms with Crippen molar-refractivity contribution < 1.29 is 9.18 Å². The number of carbonyl (C=O) groups excluding carboxylic acids is 1. The molecule has 1 aliphatic heterocycles. The standard InChI is InChI=1S/C16H22FN5OS/c1-20-5-4-18-15(20)10-22-8-12(17)7-14(22)9-21(2)16(23)19-13-3-6-24-11-13/h3-6,11-12,14H,7-10H2,1-2H3,(H,19,23)/t12-,14-/m0/s1. The van der Waals surface area contributed by atoms with E-state index in [0.29, 0.717) is 26.1 Å². The van der Waals surface area contributed by atoms with Gasteiger partial charge in [-0.3, -0.25) is 4.90 Å². The van der Waals surface area contributed by atoms with Crippen LogP contribution in [-0.4, -0.2) is 57.7 Å². The molecule has 1 saturated heterocycles. The van der Waals surface area contributed by atoms with Crippen molar-refractivity contribution in [3.63, 3.8) is 0 Å². The Labute approximate surface area is 144 Å². The Morgan fingerprint density at radius 1 is 1.58 bits per heavy atom. The SMILES string of the molecule is CN(C[C@@H]1C[C@H](F)CN1Cc1nccn1C)C(=O)Nc1ccsc1. The van der Waals surface area contributed by atoms with E-state index in [1.165, 1.54) is 11.3 Å². The van der Waals surface area contributed by atoms with Crippen LogP contribution in [0, 0.1) is 0 Å². The first-order valence-corrected chi connectivity index (χ1v) is 8.86. The van der Waals surface area contributed by atoms with E-state index in [9.17, 15) is 9.18 Å². The predicted molar refractivity (Wildman–Crippen MR) is 92.9 cm³/mol. The van der Waals surface area contributed by atoms with Crippen molar-refractivity contribution in [2.75, 3.05) is 25.5 Å². The zero-order valence-corrected chi connectivity index (χ0v) is 14.7. The molecule has 1 N–H and O–H groups in total. The number of aryl methyl sites for hydroxylation is 1. The van der Waals surface area contributed by atoms with Crippen LogP contribution in [0.3, 0.4) is 0 Å². The number of likely N-dealkylation sites (N-methyl/N-ethyl adjacent to an activating group) is 1. The van der Waals surface area contributed by atoms with E-state index in [4.69, 9.17) is 0 Å². The van der Waals surface area contributed by atoms with Crippen LogP contribution in [0.4, 0.5) is 14.9 Å². The molecule has 2 atom stereocenters. The van der Waals surface area contributed by atoms with Crippen molar-refractivity contribution in [2.45, 2.75) is 25.2 Å². The van der Waals surface area contributed by atoms with Gasteiger partial charge < -0.3 is 14.8 Å². The van der Waals surface area contributed by atoms with Crippen molar-refractivity contribution in [1.82, 2.24) is 19.4 Å². The molecular weight excluding hydrogens is 329 g/mol. The van der Waals surface area contributed by atoms with Crippen LogP contribution in [0.5, 0.6) is 0 Å². The second-order valence-corrected chi connectivity index (χ2v) is 6.97. The number of nitrogens with one attached hydrogen (secondary N) is 1. The number of carbonyl (C=O) groups is 1. The molecule has 0 bridgehead atoms. The average Bonchev–Trinajstić information content (AvgIpc) is 3.24. The Morgan fingerprint density at radius 3 is 3.08 bits per heavy atom. The number of nitrogens with zero attached hydrogens (tertiary/aromatic N) is 4. The van der Waals surface area contributed by atoms with Crippen molar-refractivity contribution >= 4 is 23.1 Å². The Kier molecular flexibility index (Phi) is 5.15. The molecule has 6 nitrogen and oxygen atoms in total. The number of rotatable bonds is 5. The molecule has 1 aliphatic rings. The van der Waals surface area contributed by atoms with E-state index in [2.05, 4.69) is 15.2 Å². The first-order valence-electron chi connectivity index (χ1n) is 7.91. The molecule has 24 heavy (non-hydrogen) atoms. The molecule has 0 spiro atoms. The maximum absolute atomic E-state index is 13.9. The molecule has 130 valence electrons. The van der Waals surface area contributed by atoms with Gasteiger partial charge in [-0.1, -0.05) is 0 Å². The summed E-state index contributed by atoms with van der Waals surface area (Å²) in [4.78, 5) is 20.2. The Hall–Kier alpha value is -1.93. The van der Waals surface area contributed by atoms with Gasteiger partial charge in [0.05, 0.1) is 12.2 Å². The van der Waals surface area contributed by atoms with Gasteiger partial charge in [0.2, 0.25) is 0 Å². The minimum absolute atomic E-state index is 0.00470. The molecule has 0 unspecified atom stereocenters. The summed E-state index contributed by atoms with van der Waals surface area (Å²) in [6.07, 6.45) is 3.21. The Balaban J connectivity index is 1.59. The number of halogens is 1. The van der Waals surface area contributed by atoms with Gasteiger partial charge in [-0.05, 0) is 17.9 Å². The lowest BCUT2D eigenvalue weighted by Gasteiger charge is -2.28. The summed E-state index contributed by atoms with van der Waals surface area (Å²) >= 11 is 1.53. The maximum atomic E-state index is 13.9. The molecule has 2 amide bonds. The van der Waals surface area contributed by atoms with Gasteiger partial charge in [-0.2, -0.15) is 11.3 Å². The topological polar surface area (TPSA) is 53.4 Å². The molecule has 0 saturated carbocycles. The van der Waals surface area contributed by atoms with E-state index in [1.807, 2.05) is 34.6 Å². The van der Waals surface area contributed by atoms with Crippen LogP contribution in [0.1, 0.15) is 12.2 Å². The number of anilines is 1. The summed E-state index contributed by atoms with van der Waals surface area (Å²) in [5.74, 6) is 0.902. The zero-order chi connectivity index (χ0) is 17.1. The fourth-order valence-corrected chi connectivity index (χ4v) is 3.58. The number of amides is 2. The molecule has 0 aromatic carbocycles. The van der Waals surface area contributed by atoms with E-state index >= 15 is 0 Å². The van der Waals surface area contributed by atoms with Crippen LogP contribution in [-0.2, 0) is 13.6 Å².